The van der Waals surface area contributed by atoms with Crippen LogP contribution in [-0.2, 0) is 18.9 Å². The van der Waals surface area contributed by atoms with Crippen LogP contribution < -0.4 is 16.6 Å². The summed E-state index contributed by atoms with van der Waals surface area (Å²) < 4.78 is 2.44. The molecule has 0 spiro atoms. The van der Waals surface area contributed by atoms with E-state index in [2.05, 4.69) is 15.3 Å². The number of carbonyl (C=O) groups excluding carboxylic acids is 1. The molecule has 140 valence electrons. The summed E-state index contributed by atoms with van der Waals surface area (Å²) in [6, 6.07) is 0. The molecule has 0 bridgehead atoms. The molecule has 0 saturated heterocycles. The first kappa shape index (κ1) is 18.6. The summed E-state index contributed by atoms with van der Waals surface area (Å²) in [6.07, 6.45) is 5.47. The van der Waals surface area contributed by atoms with Gasteiger partial charge in [0, 0.05) is 27.1 Å². The molecule has 0 atom stereocenters. The van der Waals surface area contributed by atoms with Crippen LogP contribution in [-0.4, -0.2) is 37.8 Å². The van der Waals surface area contributed by atoms with Crippen LogP contribution in [0, 0.1) is 0 Å². The van der Waals surface area contributed by atoms with E-state index in [0.29, 0.717) is 21.9 Å². The molecule has 1 aliphatic carbocycles. The molecule has 0 aliphatic heterocycles. The van der Waals surface area contributed by atoms with E-state index in [1.165, 1.54) is 29.8 Å². The second-order valence-corrected chi connectivity index (χ2v) is 7.55. The molecule has 1 fully saturated rings. The summed E-state index contributed by atoms with van der Waals surface area (Å²) >= 11 is 1.21. The Hall–Kier alpha value is -2.16. The number of hydrogen-bond acceptors (Lipinski definition) is 6. The molecule has 0 unspecified atom stereocenters. The maximum Gasteiger partial charge on any atom is 0.332 e. The van der Waals surface area contributed by atoms with E-state index in [0.717, 1.165) is 30.3 Å². The van der Waals surface area contributed by atoms with Gasteiger partial charge < -0.3 is 5.32 Å². The summed E-state index contributed by atoms with van der Waals surface area (Å²) in [4.78, 5) is 45.9. The van der Waals surface area contributed by atoms with Crippen molar-refractivity contribution in [2.24, 2.45) is 14.1 Å². The Morgan fingerprint density at radius 3 is 2.50 bits per heavy atom. The van der Waals surface area contributed by atoms with Crippen molar-refractivity contribution in [2.45, 2.75) is 43.0 Å². The monoisotopic (exact) mass is 377 g/mol. The fraction of sp³-hybridized carbons (Fsp3) is 0.588. The first-order valence-corrected chi connectivity index (χ1v) is 9.73. The van der Waals surface area contributed by atoms with E-state index < -0.39 is 11.2 Å². The fourth-order valence-electron chi connectivity index (χ4n) is 3.30. The van der Waals surface area contributed by atoms with Crippen LogP contribution in [0.3, 0.4) is 0 Å². The van der Waals surface area contributed by atoms with Gasteiger partial charge in [0.05, 0.1) is 5.75 Å². The van der Waals surface area contributed by atoms with Gasteiger partial charge >= 0.3 is 5.69 Å². The van der Waals surface area contributed by atoms with Gasteiger partial charge in [-0.3, -0.25) is 18.7 Å². The molecule has 2 aromatic heterocycles. The molecule has 2 heterocycles. The lowest BCUT2D eigenvalue weighted by Gasteiger charge is -2.21. The number of nitrogens with one attached hydrogen (secondary N) is 1. The average molecular weight is 377 g/mol. The highest BCUT2D eigenvalue weighted by molar-refractivity contribution is 8.00. The van der Waals surface area contributed by atoms with Gasteiger partial charge in [0.15, 0.2) is 5.65 Å². The Morgan fingerprint density at radius 2 is 1.85 bits per heavy atom. The highest BCUT2D eigenvalue weighted by Crippen LogP contribution is 2.33. The van der Waals surface area contributed by atoms with Crippen LogP contribution in [0.15, 0.2) is 14.6 Å². The first-order chi connectivity index (χ1) is 12.4. The zero-order chi connectivity index (χ0) is 18.8. The fourth-order valence-corrected chi connectivity index (χ4v) is 4.19. The molecule has 0 radical (unpaired) electrons. The van der Waals surface area contributed by atoms with Crippen LogP contribution in [0.5, 0.6) is 0 Å². The molecule has 1 N–H and O–H groups in total. The van der Waals surface area contributed by atoms with Crippen molar-refractivity contribution >= 4 is 28.7 Å². The van der Waals surface area contributed by atoms with Crippen LogP contribution in [0.1, 0.15) is 43.8 Å². The van der Waals surface area contributed by atoms with E-state index >= 15 is 0 Å². The molecular formula is C17H23N5O3S. The highest BCUT2D eigenvalue weighted by atomic mass is 32.2. The summed E-state index contributed by atoms with van der Waals surface area (Å²) in [5.74, 6) is 0.896. The predicted octanol–water partition coefficient (Wildman–Crippen LogP) is 0.913. The molecule has 1 aliphatic rings. The summed E-state index contributed by atoms with van der Waals surface area (Å²) in [5.41, 5.74) is -0.510. The first-order valence-electron chi connectivity index (χ1n) is 8.75. The minimum Gasteiger partial charge on any atom is -0.358 e. The molecule has 1 saturated carbocycles. The number of nitrogens with zero attached hydrogens (tertiary/aromatic N) is 4. The summed E-state index contributed by atoms with van der Waals surface area (Å²) in [7, 11) is 4.61. The van der Waals surface area contributed by atoms with Gasteiger partial charge in [0.2, 0.25) is 5.91 Å². The SMILES string of the molecule is CNC(=O)CSc1nc(C2CCCCC2)nc2c1c(=O)n(C)c(=O)n2C. The lowest BCUT2D eigenvalue weighted by atomic mass is 9.89. The van der Waals surface area contributed by atoms with Gasteiger partial charge in [-0.05, 0) is 12.8 Å². The minimum absolute atomic E-state index is 0.150. The molecular weight excluding hydrogens is 354 g/mol. The lowest BCUT2D eigenvalue weighted by Crippen LogP contribution is -2.38. The van der Waals surface area contributed by atoms with Crippen molar-refractivity contribution in [3.63, 3.8) is 0 Å². The number of aryl methyl sites for hydroxylation is 1. The van der Waals surface area contributed by atoms with Gasteiger partial charge in [0.25, 0.3) is 5.56 Å². The van der Waals surface area contributed by atoms with Crippen LogP contribution in [0.4, 0.5) is 0 Å². The Kier molecular flexibility index (Phi) is 5.45. The van der Waals surface area contributed by atoms with Gasteiger partial charge in [-0.25, -0.2) is 14.8 Å². The number of aromatic nitrogens is 4. The second kappa shape index (κ2) is 7.61. The smallest absolute Gasteiger partial charge is 0.332 e. The Balaban J connectivity index is 2.20. The molecule has 0 aromatic carbocycles. The normalized spacial score (nSPS) is 15.3. The third-order valence-corrected chi connectivity index (χ3v) is 5.85. The van der Waals surface area contributed by atoms with Gasteiger partial charge in [-0.1, -0.05) is 31.0 Å². The van der Waals surface area contributed by atoms with Crippen molar-refractivity contribution in [3.8, 4) is 0 Å². The Morgan fingerprint density at radius 1 is 1.15 bits per heavy atom. The minimum atomic E-state index is -0.433. The lowest BCUT2D eigenvalue weighted by molar-refractivity contribution is -0.118. The molecule has 8 nitrogen and oxygen atoms in total. The topological polar surface area (TPSA) is 98.9 Å². The van der Waals surface area contributed by atoms with E-state index in [1.807, 2.05) is 0 Å². The van der Waals surface area contributed by atoms with E-state index in [1.54, 1.807) is 14.1 Å². The van der Waals surface area contributed by atoms with Gasteiger partial charge in [0.1, 0.15) is 16.2 Å². The van der Waals surface area contributed by atoms with E-state index in [4.69, 9.17) is 0 Å². The molecule has 26 heavy (non-hydrogen) atoms. The number of hydrogen-bond donors (Lipinski definition) is 1. The predicted molar refractivity (Wildman–Crippen MR) is 101 cm³/mol. The summed E-state index contributed by atoms with van der Waals surface area (Å²) in [6.45, 7) is 0. The largest absolute Gasteiger partial charge is 0.358 e. The van der Waals surface area contributed by atoms with Crippen molar-refractivity contribution in [2.75, 3.05) is 12.8 Å². The molecule has 9 heteroatoms. The van der Waals surface area contributed by atoms with E-state index in [-0.39, 0.29) is 17.6 Å². The van der Waals surface area contributed by atoms with Gasteiger partial charge in [-0.15, -0.1) is 0 Å². The third-order valence-electron chi connectivity index (χ3n) is 4.87. The quantitative estimate of drug-likeness (QED) is 0.628. The second-order valence-electron chi connectivity index (χ2n) is 6.59. The van der Waals surface area contributed by atoms with Crippen molar-refractivity contribution in [3.05, 3.63) is 26.7 Å². The van der Waals surface area contributed by atoms with Crippen molar-refractivity contribution < 1.29 is 4.79 Å². The number of fused-ring (bicyclic) bond motifs is 1. The third kappa shape index (κ3) is 3.40. The molecule has 3 rings (SSSR count). The zero-order valence-electron chi connectivity index (χ0n) is 15.2. The average Bonchev–Trinajstić information content (AvgIpc) is 2.68. The number of rotatable bonds is 4. The molecule has 1 amide bonds. The summed E-state index contributed by atoms with van der Waals surface area (Å²) in [5, 5.41) is 3.33. The molecule has 2 aromatic rings. The maximum absolute atomic E-state index is 12.7. The number of carbonyl (C=O) groups is 1. The maximum atomic E-state index is 12.7. The number of thioether (sulfide) groups is 1. The van der Waals surface area contributed by atoms with E-state index in [9.17, 15) is 14.4 Å². The standard InChI is InChI=1S/C17H23N5O3S/c1-18-11(23)9-26-15-12-14(21(2)17(25)22(3)16(12)24)19-13(20-15)10-7-5-4-6-8-10/h10H,4-9H2,1-3H3,(H,18,23). The number of amides is 1. The van der Waals surface area contributed by atoms with Crippen LogP contribution in [0.25, 0.3) is 11.0 Å². The Labute approximate surface area is 155 Å². The van der Waals surface area contributed by atoms with Crippen molar-refractivity contribution in [1.82, 2.24) is 24.4 Å². The van der Waals surface area contributed by atoms with Crippen LogP contribution >= 0.6 is 11.8 Å². The van der Waals surface area contributed by atoms with Crippen LogP contribution in [0.2, 0.25) is 0 Å². The van der Waals surface area contributed by atoms with Crippen molar-refractivity contribution in [1.29, 1.82) is 0 Å². The van der Waals surface area contributed by atoms with Gasteiger partial charge in [-0.2, -0.15) is 0 Å². The Bertz CT molecular complexity index is 959. The zero-order valence-corrected chi connectivity index (χ0v) is 16.1. The highest BCUT2D eigenvalue weighted by Gasteiger charge is 2.23.